The fourth-order valence-corrected chi connectivity index (χ4v) is 9.29. The maximum Gasteiger partial charge on any atom is 1.00 e. The summed E-state index contributed by atoms with van der Waals surface area (Å²) in [6.07, 6.45) is 17.5. The van der Waals surface area contributed by atoms with Crippen molar-refractivity contribution in [1.82, 2.24) is 89.7 Å². The van der Waals surface area contributed by atoms with E-state index < -0.39 is 102 Å². The number of carboxylic acid groups (broad SMARTS) is 2. The van der Waals surface area contributed by atoms with E-state index in [1.807, 2.05) is 0 Å². The van der Waals surface area contributed by atoms with Crippen LogP contribution in [-0.2, 0) is 33.4 Å². The second kappa shape index (κ2) is 57.5. The first-order chi connectivity index (χ1) is 61.9. The van der Waals surface area contributed by atoms with Crippen molar-refractivity contribution >= 4 is 60.2 Å². The van der Waals surface area contributed by atoms with Crippen LogP contribution in [0.15, 0.2) is 138 Å². The minimum atomic E-state index is -4.64. The molecule has 0 aliphatic heterocycles. The Balaban J connectivity index is 0.000000779. The standard InChI is InChI=1S/2C15H19N3O4.C12H13N3O4.2C11H11N3O4.C10H13ClN2O2.C5H7NO2.C2HF3O.CH2O3.2K.H/c2*1-9-12(14(19)22-15(3,4)5)17-8-11(18-9)21-10(2)13-16-6-7-20-13;1-7-10(12(16)17-3)14-6-9(15-7)19-8(2)11-13-4-5-18-11;2*1-6-9(11(15)16)13-5-8(14-6)18-7(2)10-12-3-4-17-10;1-6-8(12-5-7(11)13-6)9(14)15-10(2,3)4;1-4(7)5-6-2-3-8-5;3-2(4,5)1-6;2-1-4-3;;;/h2*6-8,10H,1-5H3;4-6,8H,1-3H3;2*3-5,7H,1-2H3,(H,15,16);5H,1-4H3;2-4,7H,1H3;1H;1,3H;;;/q;;;;;;;;;2*+1;-1/p-1/t2*10-;8-;2*7-;;;;;;;/m10000......./s1. The van der Waals surface area contributed by atoms with Crippen LogP contribution >= 0.6 is 11.6 Å². The number of carbonyl (C=O) groups excluding carboxylic acids is 6. The first kappa shape index (κ1) is 118. The van der Waals surface area contributed by atoms with E-state index in [9.17, 15) is 41.9 Å². The molecule has 52 heteroatoms. The van der Waals surface area contributed by atoms with Crippen LogP contribution in [0, 0.1) is 41.5 Å². The van der Waals surface area contributed by atoms with Gasteiger partial charge in [0, 0.05) is 0 Å². The van der Waals surface area contributed by atoms with E-state index in [-0.39, 0.29) is 179 Å². The monoisotopic (exact) mass is 1950 g/mol. The third-order valence-corrected chi connectivity index (χ3v) is 14.7. The molecule has 0 amide bonds. The Bertz CT molecular complexity index is 5370. The number of aliphatic hydroxyl groups excluding tert-OH is 1. The van der Waals surface area contributed by atoms with E-state index in [1.165, 1.54) is 119 Å². The number of aromatic carboxylic acids is 2. The number of methoxy groups -OCH3 is 1. The Morgan fingerprint density at radius 3 is 0.739 bits per heavy atom. The van der Waals surface area contributed by atoms with Gasteiger partial charge in [0.2, 0.25) is 71.0 Å². The molecule has 46 nitrogen and oxygen atoms in total. The zero-order valence-corrected chi connectivity index (χ0v) is 84.1. The number of hydrogen-bond donors (Lipinski definition) is 3. The topological polar surface area (TPSA) is 623 Å². The van der Waals surface area contributed by atoms with Crippen molar-refractivity contribution < 1.29 is 250 Å². The zero-order chi connectivity index (χ0) is 99.0. The van der Waals surface area contributed by atoms with Gasteiger partial charge < -0.3 is 96.0 Å². The van der Waals surface area contributed by atoms with Gasteiger partial charge in [0.15, 0.2) is 64.7 Å². The van der Waals surface area contributed by atoms with Crippen LogP contribution in [0.1, 0.15) is 274 Å². The second-order valence-electron chi connectivity index (χ2n) is 29.0. The number of alkyl halides is 3. The number of aldehydes is 1. The number of carbonyl (C=O) groups is 8. The van der Waals surface area contributed by atoms with Crippen molar-refractivity contribution in [1.29, 1.82) is 0 Å². The third-order valence-electron chi connectivity index (χ3n) is 14.6. The molecule has 0 spiro atoms. The summed E-state index contributed by atoms with van der Waals surface area (Å²) in [5, 5.41) is 35.1. The van der Waals surface area contributed by atoms with Gasteiger partial charge in [0.05, 0.1) is 116 Å². The van der Waals surface area contributed by atoms with E-state index in [4.69, 9.17) is 106 Å². The molecule has 0 saturated carbocycles. The van der Waals surface area contributed by atoms with Crippen LogP contribution in [-0.4, -0.2) is 184 Å². The predicted octanol–water partition coefficient (Wildman–Crippen LogP) is 7.08. The van der Waals surface area contributed by atoms with Crippen LogP contribution < -0.4 is 132 Å². The van der Waals surface area contributed by atoms with E-state index in [0.29, 0.717) is 69.5 Å². The van der Waals surface area contributed by atoms with Gasteiger partial charge in [-0.05, 0) is 145 Å². The second-order valence-corrected chi connectivity index (χ2v) is 29.4. The number of rotatable bonds is 23. The van der Waals surface area contributed by atoms with Crippen molar-refractivity contribution in [2.45, 2.75) is 205 Å². The molecule has 0 aliphatic rings. The van der Waals surface area contributed by atoms with Crippen LogP contribution in [0.2, 0.25) is 5.15 Å². The van der Waals surface area contributed by atoms with Crippen LogP contribution in [0.25, 0.3) is 0 Å². The average molecular weight is 1950 g/mol. The quantitative estimate of drug-likeness (QED) is 0.0144. The molecule has 12 rings (SSSR count). The summed E-state index contributed by atoms with van der Waals surface area (Å²) in [5.41, 5.74) is 1.18. The fourth-order valence-electron chi connectivity index (χ4n) is 9.11. The largest absolute Gasteiger partial charge is 1.00 e. The summed E-state index contributed by atoms with van der Waals surface area (Å²) in [4.78, 5) is 160. The van der Waals surface area contributed by atoms with Gasteiger partial charge in [0.25, 0.3) is 6.47 Å². The molecular weight excluding hydrogens is 1860 g/mol. The molecule has 0 aliphatic carbocycles. The van der Waals surface area contributed by atoms with Gasteiger partial charge in [-0.2, -0.15) is 13.2 Å². The minimum absolute atomic E-state index is 0. The summed E-state index contributed by atoms with van der Waals surface area (Å²) < 4.78 is 109. The number of oxazole rings is 6. The first-order valence-electron chi connectivity index (χ1n) is 38.4. The molecule has 712 valence electrons. The average Bonchev–Trinajstić information content (AvgIpc) is 1.73. The van der Waals surface area contributed by atoms with Crippen LogP contribution in [0.4, 0.5) is 13.2 Å². The molecule has 3 N–H and O–H groups in total. The van der Waals surface area contributed by atoms with Crippen molar-refractivity contribution in [3.63, 3.8) is 0 Å². The number of ether oxygens (including phenoxy) is 9. The Morgan fingerprint density at radius 2 is 0.582 bits per heavy atom. The van der Waals surface area contributed by atoms with Crippen molar-refractivity contribution in [2.24, 2.45) is 0 Å². The van der Waals surface area contributed by atoms with Gasteiger partial charge >= 0.3 is 145 Å². The molecule has 0 saturated heterocycles. The Kier molecular flexibility index (Phi) is 50.7. The molecule has 134 heavy (non-hydrogen) atoms. The van der Waals surface area contributed by atoms with Gasteiger partial charge in [-0.1, -0.05) is 11.6 Å². The zero-order valence-electron chi connectivity index (χ0n) is 78.1. The Labute approximate surface area is 854 Å². The number of nitrogens with zero attached hydrogens (tertiary/aromatic N) is 18. The van der Waals surface area contributed by atoms with Gasteiger partial charge in [-0.3, -0.25) is 9.59 Å². The van der Waals surface area contributed by atoms with Crippen LogP contribution in [0.5, 0.6) is 29.4 Å². The summed E-state index contributed by atoms with van der Waals surface area (Å²) >= 11 is 5.63. The van der Waals surface area contributed by atoms with Crippen molar-refractivity contribution in [3.05, 3.63) is 221 Å². The van der Waals surface area contributed by atoms with E-state index in [1.54, 1.807) is 145 Å². The summed E-state index contributed by atoms with van der Waals surface area (Å²) in [6.45, 7) is 36.2. The normalized spacial score (nSPS) is 11.9. The molecule has 0 fully saturated rings. The SMILES string of the molecule is CC(O)c1ncco1.COC(=O)c1ncc(O[C@@H](C)c2ncco2)nc1C.Cc1nc(Cl)cnc1C(=O)OC(C)(C)C.Cc1nc(O[C@@H](C)c2ncco2)cnc1C(=O)O.Cc1nc(O[C@@H](C)c2ncco2)cnc1C(=O)O.Cc1nc(O[C@@H](C)c2ncco2)cnc1C(=O)OC(C)(C)C.Cc1nc(O[C@H](C)c2ncco2)cnc1C(=O)OC(C)(C)C.O=CC(F)(F)F.O=CO[O-].[H-].[K+].[K+]. The Hall–Kier alpha value is -12.0. The third kappa shape index (κ3) is 43.8. The molecule has 12 aromatic rings. The molecular formula is C82H96ClF3K2N18O28. The van der Waals surface area contributed by atoms with Crippen LogP contribution in [0.3, 0.4) is 0 Å². The molecule has 0 radical (unpaired) electrons. The number of hydrogen-bond acceptors (Lipinski definition) is 44. The van der Waals surface area contributed by atoms with Gasteiger partial charge in [-0.25, -0.2) is 118 Å². The van der Waals surface area contributed by atoms with Crippen molar-refractivity contribution in [2.75, 3.05) is 7.11 Å². The maximum atomic E-state index is 12.0. The van der Waals surface area contributed by atoms with E-state index in [0.717, 1.165) is 0 Å². The van der Waals surface area contributed by atoms with Gasteiger partial charge in [-0.15, -0.1) is 0 Å². The Morgan fingerprint density at radius 1 is 0.381 bits per heavy atom. The smallest absolute Gasteiger partial charge is 1.00 e. The van der Waals surface area contributed by atoms with Gasteiger partial charge in [0.1, 0.15) is 65.6 Å². The molecule has 0 bridgehead atoms. The van der Waals surface area contributed by atoms with E-state index in [2.05, 4.69) is 99.3 Å². The summed E-state index contributed by atoms with van der Waals surface area (Å²) in [5.74, 6) is -0.440. The number of carboxylic acids is 2. The molecule has 0 aromatic carbocycles. The van der Waals surface area contributed by atoms with Crippen molar-refractivity contribution in [3.8, 4) is 29.4 Å². The minimum Gasteiger partial charge on any atom is -1.00 e. The maximum absolute atomic E-state index is 12.0. The number of halogens is 4. The number of aromatic nitrogens is 18. The number of aryl methyl sites for hydroxylation is 6. The fraction of sp³-hybridized carbons (Fsp3) is 0.390. The summed E-state index contributed by atoms with van der Waals surface area (Å²) in [6, 6.07) is 0. The first-order valence-corrected chi connectivity index (χ1v) is 38.8. The predicted molar refractivity (Wildman–Crippen MR) is 442 cm³/mol. The molecule has 12 aromatic heterocycles. The molecule has 6 atom stereocenters. The number of esters is 4. The number of aliphatic hydroxyl groups is 1. The molecule has 1 unspecified atom stereocenters. The van der Waals surface area contributed by atoms with E-state index >= 15 is 0 Å². The molecule has 12 heterocycles. The summed E-state index contributed by atoms with van der Waals surface area (Å²) in [7, 11) is 1.29.